The highest BCUT2D eigenvalue weighted by molar-refractivity contribution is 5.94. The molecule has 1 amide bonds. The monoisotopic (exact) mass is 263 g/mol. The largest absolute Gasteiger partial charge is 0.481 e. The number of Topliss-reactive ketones (excluding diaryl/α,β-unsaturated/α-hetero) is 1. The molecule has 0 saturated heterocycles. The van der Waals surface area contributed by atoms with E-state index >= 15 is 0 Å². The summed E-state index contributed by atoms with van der Waals surface area (Å²) < 4.78 is 18.8. The summed E-state index contributed by atoms with van der Waals surface area (Å²) in [5.41, 5.74) is -0.0169. The first-order chi connectivity index (χ1) is 8.95. The molecule has 1 aromatic carbocycles. The Morgan fingerprint density at radius 2 is 2.21 bits per heavy atom. The van der Waals surface area contributed by atoms with Crippen LogP contribution in [0.1, 0.15) is 24.2 Å². The standard InChI is InChI=1S/C14H14FNO3/c1-4-7-16-14(18)10(3)19-11-5-6-12(9(2)17)13(15)8-11/h1,5-6,8,10H,7H2,2-3H3,(H,16,18). The van der Waals surface area contributed by atoms with Crippen LogP contribution >= 0.6 is 0 Å². The Balaban J connectivity index is 2.73. The molecule has 1 rings (SSSR count). The fraction of sp³-hybridized carbons (Fsp3) is 0.286. The number of ether oxygens (including phenoxy) is 1. The van der Waals surface area contributed by atoms with Crippen molar-refractivity contribution in [2.75, 3.05) is 6.54 Å². The first kappa shape index (κ1) is 14.7. The molecule has 0 aliphatic carbocycles. The van der Waals surface area contributed by atoms with Gasteiger partial charge < -0.3 is 10.1 Å². The van der Waals surface area contributed by atoms with Gasteiger partial charge in [0.05, 0.1) is 12.1 Å². The summed E-state index contributed by atoms with van der Waals surface area (Å²) in [5, 5.41) is 2.45. The third kappa shape index (κ3) is 4.11. The van der Waals surface area contributed by atoms with Crippen LogP contribution in [0.25, 0.3) is 0 Å². The number of carbonyl (C=O) groups excluding carboxylic acids is 2. The number of rotatable bonds is 5. The summed E-state index contributed by atoms with van der Waals surface area (Å²) in [7, 11) is 0. The van der Waals surface area contributed by atoms with E-state index in [2.05, 4.69) is 11.2 Å². The molecule has 5 heteroatoms. The lowest BCUT2D eigenvalue weighted by atomic mass is 10.1. The Morgan fingerprint density at radius 1 is 1.53 bits per heavy atom. The van der Waals surface area contributed by atoms with E-state index in [1.54, 1.807) is 0 Å². The van der Waals surface area contributed by atoms with Crippen LogP contribution in [0.5, 0.6) is 5.75 Å². The Hall–Kier alpha value is -2.35. The van der Waals surface area contributed by atoms with Crippen LogP contribution in [-0.2, 0) is 4.79 Å². The van der Waals surface area contributed by atoms with Gasteiger partial charge in [0.1, 0.15) is 11.6 Å². The van der Waals surface area contributed by atoms with Crippen molar-refractivity contribution in [2.24, 2.45) is 0 Å². The molecule has 0 fully saturated rings. The van der Waals surface area contributed by atoms with Crippen LogP contribution in [0, 0.1) is 18.2 Å². The molecule has 0 heterocycles. The number of ketones is 1. The van der Waals surface area contributed by atoms with Gasteiger partial charge in [-0.1, -0.05) is 5.92 Å². The number of carbonyl (C=O) groups is 2. The van der Waals surface area contributed by atoms with E-state index < -0.39 is 17.8 Å². The molecule has 1 N–H and O–H groups in total. The zero-order valence-electron chi connectivity index (χ0n) is 10.7. The van der Waals surface area contributed by atoms with E-state index in [9.17, 15) is 14.0 Å². The van der Waals surface area contributed by atoms with E-state index in [1.807, 2.05) is 0 Å². The van der Waals surface area contributed by atoms with Crippen molar-refractivity contribution >= 4 is 11.7 Å². The smallest absolute Gasteiger partial charge is 0.261 e. The van der Waals surface area contributed by atoms with Crippen LogP contribution < -0.4 is 10.1 Å². The SMILES string of the molecule is C#CCNC(=O)C(C)Oc1ccc(C(C)=O)c(F)c1. The molecule has 0 aliphatic rings. The lowest BCUT2D eigenvalue weighted by Crippen LogP contribution is -2.36. The summed E-state index contributed by atoms with van der Waals surface area (Å²) in [5.74, 6) is 0.988. The van der Waals surface area contributed by atoms with Crippen LogP contribution in [0.3, 0.4) is 0 Å². The number of terminal acetylenes is 1. The average molecular weight is 263 g/mol. The number of hydrogen-bond donors (Lipinski definition) is 1. The second kappa shape index (κ2) is 6.55. The molecular weight excluding hydrogens is 249 g/mol. The van der Waals surface area contributed by atoms with Gasteiger partial charge in [-0.05, 0) is 26.0 Å². The van der Waals surface area contributed by atoms with Crippen molar-refractivity contribution in [3.63, 3.8) is 0 Å². The summed E-state index contributed by atoms with van der Waals surface area (Å²) in [6.45, 7) is 2.89. The molecule has 100 valence electrons. The molecule has 0 saturated carbocycles. The second-order valence-electron chi connectivity index (χ2n) is 3.88. The number of benzene rings is 1. The molecule has 0 radical (unpaired) electrons. The van der Waals surface area contributed by atoms with Gasteiger partial charge in [-0.25, -0.2) is 4.39 Å². The van der Waals surface area contributed by atoms with Crippen molar-refractivity contribution in [1.29, 1.82) is 0 Å². The zero-order chi connectivity index (χ0) is 14.4. The van der Waals surface area contributed by atoms with Gasteiger partial charge in [-0.15, -0.1) is 6.42 Å². The van der Waals surface area contributed by atoms with Crippen molar-refractivity contribution in [2.45, 2.75) is 20.0 Å². The van der Waals surface area contributed by atoms with E-state index in [-0.39, 0.29) is 23.6 Å². The topological polar surface area (TPSA) is 55.4 Å². The Labute approximate surface area is 111 Å². The predicted molar refractivity (Wildman–Crippen MR) is 68.3 cm³/mol. The Kier molecular flexibility index (Phi) is 5.07. The van der Waals surface area contributed by atoms with Crippen molar-refractivity contribution in [3.8, 4) is 18.1 Å². The summed E-state index contributed by atoms with van der Waals surface area (Å²) in [6, 6.07) is 3.82. The fourth-order valence-corrected chi connectivity index (χ4v) is 1.39. The highest BCUT2D eigenvalue weighted by atomic mass is 19.1. The Morgan fingerprint density at radius 3 is 2.74 bits per heavy atom. The third-order valence-corrected chi connectivity index (χ3v) is 2.37. The minimum absolute atomic E-state index is 0.0169. The van der Waals surface area contributed by atoms with Crippen LogP contribution in [0.15, 0.2) is 18.2 Å². The summed E-state index contributed by atoms with van der Waals surface area (Å²) in [6.07, 6.45) is 4.20. The van der Waals surface area contributed by atoms with Crippen molar-refractivity contribution < 1.29 is 18.7 Å². The van der Waals surface area contributed by atoms with Crippen LogP contribution in [0.2, 0.25) is 0 Å². The lowest BCUT2D eigenvalue weighted by Gasteiger charge is -2.14. The van der Waals surface area contributed by atoms with Gasteiger partial charge in [-0.3, -0.25) is 9.59 Å². The van der Waals surface area contributed by atoms with E-state index in [0.717, 1.165) is 6.07 Å². The van der Waals surface area contributed by atoms with Gasteiger partial charge in [-0.2, -0.15) is 0 Å². The average Bonchev–Trinajstić information content (AvgIpc) is 2.35. The fourth-order valence-electron chi connectivity index (χ4n) is 1.39. The zero-order valence-corrected chi connectivity index (χ0v) is 10.7. The normalized spacial score (nSPS) is 11.3. The molecule has 0 aliphatic heterocycles. The molecule has 4 nitrogen and oxygen atoms in total. The molecular formula is C14H14FNO3. The lowest BCUT2D eigenvalue weighted by molar-refractivity contribution is -0.127. The van der Waals surface area contributed by atoms with Gasteiger partial charge in [0.25, 0.3) is 5.91 Å². The summed E-state index contributed by atoms with van der Waals surface area (Å²) in [4.78, 5) is 22.5. The number of nitrogens with one attached hydrogen (secondary N) is 1. The van der Waals surface area contributed by atoms with E-state index in [4.69, 9.17) is 11.2 Å². The maximum absolute atomic E-state index is 13.5. The van der Waals surface area contributed by atoms with E-state index in [0.29, 0.717) is 0 Å². The minimum atomic E-state index is -0.809. The highest BCUT2D eigenvalue weighted by Crippen LogP contribution is 2.18. The molecule has 0 bridgehead atoms. The third-order valence-electron chi connectivity index (χ3n) is 2.37. The second-order valence-corrected chi connectivity index (χ2v) is 3.88. The quantitative estimate of drug-likeness (QED) is 0.647. The van der Waals surface area contributed by atoms with Crippen LogP contribution in [0.4, 0.5) is 4.39 Å². The van der Waals surface area contributed by atoms with Gasteiger partial charge >= 0.3 is 0 Å². The molecule has 0 aromatic heterocycles. The Bertz CT molecular complexity index is 534. The van der Waals surface area contributed by atoms with Crippen molar-refractivity contribution in [3.05, 3.63) is 29.6 Å². The van der Waals surface area contributed by atoms with Gasteiger partial charge in [0, 0.05) is 6.07 Å². The molecule has 0 spiro atoms. The predicted octanol–water partition coefficient (Wildman–Crippen LogP) is 1.54. The number of halogens is 1. The van der Waals surface area contributed by atoms with Crippen LogP contribution in [-0.4, -0.2) is 24.3 Å². The minimum Gasteiger partial charge on any atom is -0.481 e. The maximum atomic E-state index is 13.5. The maximum Gasteiger partial charge on any atom is 0.261 e. The van der Waals surface area contributed by atoms with Crippen molar-refractivity contribution in [1.82, 2.24) is 5.32 Å². The summed E-state index contributed by atoms with van der Waals surface area (Å²) >= 11 is 0. The molecule has 1 atom stereocenters. The first-order valence-electron chi connectivity index (χ1n) is 5.64. The highest BCUT2D eigenvalue weighted by Gasteiger charge is 2.15. The number of hydrogen-bond acceptors (Lipinski definition) is 3. The molecule has 1 aromatic rings. The molecule has 19 heavy (non-hydrogen) atoms. The number of amides is 1. The van der Waals surface area contributed by atoms with Gasteiger partial charge in [0.2, 0.25) is 0 Å². The first-order valence-corrected chi connectivity index (χ1v) is 5.64. The molecule has 1 unspecified atom stereocenters. The van der Waals surface area contributed by atoms with E-state index in [1.165, 1.54) is 26.0 Å². The van der Waals surface area contributed by atoms with Gasteiger partial charge in [0.15, 0.2) is 11.9 Å².